The van der Waals surface area contributed by atoms with E-state index in [1.54, 1.807) is 31.4 Å². The van der Waals surface area contributed by atoms with Crippen LogP contribution in [0.25, 0.3) is 0 Å². The quantitative estimate of drug-likeness (QED) is 0.612. The minimum Gasteiger partial charge on any atom is -0.497 e. The molecule has 31 heavy (non-hydrogen) atoms. The third-order valence-corrected chi connectivity index (χ3v) is 5.41. The van der Waals surface area contributed by atoms with Gasteiger partial charge in [-0.25, -0.2) is 0 Å². The van der Waals surface area contributed by atoms with E-state index >= 15 is 0 Å². The van der Waals surface area contributed by atoms with Gasteiger partial charge in [0.05, 0.1) is 26.3 Å². The Labute approximate surface area is 183 Å². The first-order valence-electron chi connectivity index (χ1n) is 10.8. The van der Waals surface area contributed by atoms with Crippen LogP contribution in [0.1, 0.15) is 41.7 Å². The van der Waals surface area contributed by atoms with Crippen molar-refractivity contribution in [2.75, 3.05) is 39.9 Å². The Balaban J connectivity index is 1.52. The Hall–Kier alpha value is -3.06. The van der Waals surface area contributed by atoms with Gasteiger partial charge in [0, 0.05) is 12.1 Å². The molecular weight excluding hydrogens is 394 g/mol. The standard InChI is InChI=1S/C24H31N3O4/c1-3-31-21-12-8-19(9-13-21)24(29)26-17-23(28)25-16-22(27-14-4-5-15-27)18-6-10-20(30-2)11-7-18/h6-13,22H,3-5,14-17H2,1-2H3,(H,25,28)(H,26,29)/t22-/m1/s1. The summed E-state index contributed by atoms with van der Waals surface area (Å²) >= 11 is 0. The molecule has 0 saturated carbocycles. The Morgan fingerprint density at radius 3 is 2.23 bits per heavy atom. The first kappa shape index (κ1) is 22.6. The van der Waals surface area contributed by atoms with Gasteiger partial charge in [0.15, 0.2) is 0 Å². The zero-order valence-corrected chi connectivity index (χ0v) is 18.2. The molecule has 0 aromatic heterocycles. The summed E-state index contributed by atoms with van der Waals surface area (Å²) in [5.41, 5.74) is 1.63. The van der Waals surface area contributed by atoms with Crippen LogP contribution in [0, 0.1) is 0 Å². The number of hydrogen-bond acceptors (Lipinski definition) is 5. The molecule has 2 aromatic carbocycles. The molecule has 1 heterocycles. The predicted molar refractivity (Wildman–Crippen MR) is 119 cm³/mol. The van der Waals surface area contributed by atoms with E-state index in [0.717, 1.165) is 24.4 Å². The monoisotopic (exact) mass is 425 g/mol. The van der Waals surface area contributed by atoms with E-state index in [0.29, 0.717) is 24.5 Å². The third kappa shape index (κ3) is 6.46. The highest BCUT2D eigenvalue weighted by atomic mass is 16.5. The van der Waals surface area contributed by atoms with Crippen LogP contribution in [0.3, 0.4) is 0 Å². The average Bonchev–Trinajstić information content (AvgIpc) is 3.33. The molecule has 1 fully saturated rings. The van der Waals surface area contributed by atoms with Gasteiger partial charge in [-0.2, -0.15) is 0 Å². The second-order valence-electron chi connectivity index (χ2n) is 7.48. The van der Waals surface area contributed by atoms with Crippen LogP contribution < -0.4 is 20.1 Å². The van der Waals surface area contributed by atoms with E-state index < -0.39 is 0 Å². The number of methoxy groups -OCH3 is 1. The van der Waals surface area contributed by atoms with Gasteiger partial charge in [0.25, 0.3) is 5.91 Å². The molecule has 1 aliphatic rings. The number of amides is 2. The fourth-order valence-electron chi connectivity index (χ4n) is 3.74. The molecule has 1 atom stereocenters. The number of carbonyl (C=O) groups excluding carboxylic acids is 2. The number of nitrogens with one attached hydrogen (secondary N) is 2. The summed E-state index contributed by atoms with van der Waals surface area (Å²) < 4.78 is 10.6. The molecule has 1 aliphatic heterocycles. The maximum absolute atomic E-state index is 12.4. The maximum atomic E-state index is 12.4. The van der Waals surface area contributed by atoms with Crippen molar-refractivity contribution in [3.8, 4) is 11.5 Å². The van der Waals surface area contributed by atoms with E-state index in [1.807, 2.05) is 31.2 Å². The van der Waals surface area contributed by atoms with Gasteiger partial charge in [-0.3, -0.25) is 14.5 Å². The van der Waals surface area contributed by atoms with Crippen molar-refractivity contribution in [1.82, 2.24) is 15.5 Å². The number of carbonyl (C=O) groups is 2. The van der Waals surface area contributed by atoms with Crippen LogP contribution in [0.4, 0.5) is 0 Å². The number of ether oxygens (including phenoxy) is 2. The first-order valence-corrected chi connectivity index (χ1v) is 10.8. The third-order valence-electron chi connectivity index (χ3n) is 5.41. The summed E-state index contributed by atoms with van der Waals surface area (Å²) in [6.07, 6.45) is 2.33. The molecular formula is C24H31N3O4. The number of rotatable bonds is 10. The fourth-order valence-corrected chi connectivity index (χ4v) is 3.74. The largest absolute Gasteiger partial charge is 0.497 e. The molecule has 7 heteroatoms. The summed E-state index contributed by atoms with van der Waals surface area (Å²) in [7, 11) is 1.65. The van der Waals surface area contributed by atoms with E-state index in [9.17, 15) is 9.59 Å². The highest BCUT2D eigenvalue weighted by Crippen LogP contribution is 2.26. The van der Waals surface area contributed by atoms with Crippen LogP contribution in [-0.4, -0.2) is 56.6 Å². The molecule has 0 aliphatic carbocycles. The molecule has 0 bridgehead atoms. The molecule has 7 nitrogen and oxygen atoms in total. The minimum atomic E-state index is -0.288. The lowest BCUT2D eigenvalue weighted by molar-refractivity contribution is -0.120. The molecule has 0 unspecified atom stereocenters. The average molecular weight is 426 g/mol. The zero-order chi connectivity index (χ0) is 22.1. The molecule has 166 valence electrons. The van der Waals surface area contributed by atoms with Crippen molar-refractivity contribution < 1.29 is 19.1 Å². The molecule has 0 radical (unpaired) electrons. The number of benzene rings is 2. The SMILES string of the molecule is CCOc1ccc(C(=O)NCC(=O)NC[C@H](c2ccc(OC)cc2)N2CCCC2)cc1. The van der Waals surface area contributed by atoms with Gasteiger partial charge in [-0.1, -0.05) is 12.1 Å². The summed E-state index contributed by atoms with van der Waals surface area (Å²) in [6.45, 7) is 4.93. The summed E-state index contributed by atoms with van der Waals surface area (Å²) in [6, 6.07) is 14.9. The van der Waals surface area contributed by atoms with Crippen molar-refractivity contribution in [2.24, 2.45) is 0 Å². The number of nitrogens with zero attached hydrogens (tertiary/aromatic N) is 1. The molecule has 1 saturated heterocycles. The zero-order valence-electron chi connectivity index (χ0n) is 18.2. The smallest absolute Gasteiger partial charge is 0.251 e. The van der Waals surface area contributed by atoms with Crippen LogP contribution >= 0.6 is 0 Å². The number of likely N-dealkylation sites (tertiary alicyclic amines) is 1. The Kier molecular flexibility index (Phi) is 8.29. The predicted octanol–water partition coefficient (Wildman–Crippen LogP) is 2.78. The van der Waals surface area contributed by atoms with Gasteiger partial charge in [-0.15, -0.1) is 0 Å². The topological polar surface area (TPSA) is 79.9 Å². The summed E-state index contributed by atoms with van der Waals surface area (Å²) in [5, 5.41) is 5.65. The molecule has 2 aromatic rings. The number of hydrogen-bond donors (Lipinski definition) is 2. The molecule has 2 amide bonds. The van der Waals surface area contributed by atoms with Crippen LogP contribution in [-0.2, 0) is 4.79 Å². The van der Waals surface area contributed by atoms with E-state index in [1.165, 1.54) is 12.8 Å². The normalized spacial score (nSPS) is 14.6. The summed E-state index contributed by atoms with van der Waals surface area (Å²) in [5.74, 6) is 1.02. The highest BCUT2D eigenvalue weighted by Gasteiger charge is 2.24. The van der Waals surface area contributed by atoms with Crippen molar-refractivity contribution >= 4 is 11.8 Å². The molecule has 0 spiro atoms. The van der Waals surface area contributed by atoms with Gasteiger partial charge in [-0.05, 0) is 74.8 Å². The van der Waals surface area contributed by atoms with Gasteiger partial charge in [0.1, 0.15) is 11.5 Å². The summed E-state index contributed by atoms with van der Waals surface area (Å²) in [4.78, 5) is 27.1. The minimum absolute atomic E-state index is 0.0681. The van der Waals surface area contributed by atoms with Gasteiger partial charge in [0.2, 0.25) is 5.91 Å². The lowest BCUT2D eigenvalue weighted by Crippen LogP contribution is -2.41. The van der Waals surface area contributed by atoms with Gasteiger partial charge >= 0.3 is 0 Å². The second-order valence-corrected chi connectivity index (χ2v) is 7.48. The van der Waals surface area contributed by atoms with Crippen LogP contribution in [0.5, 0.6) is 11.5 Å². The van der Waals surface area contributed by atoms with Crippen LogP contribution in [0.2, 0.25) is 0 Å². The van der Waals surface area contributed by atoms with Crippen LogP contribution in [0.15, 0.2) is 48.5 Å². The van der Waals surface area contributed by atoms with E-state index in [2.05, 4.69) is 15.5 Å². The van der Waals surface area contributed by atoms with Crippen molar-refractivity contribution in [2.45, 2.75) is 25.8 Å². The van der Waals surface area contributed by atoms with Crippen molar-refractivity contribution in [1.29, 1.82) is 0 Å². The van der Waals surface area contributed by atoms with E-state index in [-0.39, 0.29) is 24.4 Å². The van der Waals surface area contributed by atoms with E-state index in [4.69, 9.17) is 9.47 Å². The van der Waals surface area contributed by atoms with Crippen molar-refractivity contribution in [3.63, 3.8) is 0 Å². The Morgan fingerprint density at radius 2 is 1.61 bits per heavy atom. The Bertz CT molecular complexity index is 846. The lowest BCUT2D eigenvalue weighted by Gasteiger charge is -2.28. The fraction of sp³-hybridized carbons (Fsp3) is 0.417. The van der Waals surface area contributed by atoms with Crippen molar-refractivity contribution in [3.05, 3.63) is 59.7 Å². The first-order chi connectivity index (χ1) is 15.1. The molecule has 2 N–H and O–H groups in total. The lowest BCUT2D eigenvalue weighted by atomic mass is 10.1. The molecule has 3 rings (SSSR count). The van der Waals surface area contributed by atoms with Gasteiger partial charge < -0.3 is 20.1 Å². The Morgan fingerprint density at radius 1 is 0.968 bits per heavy atom. The highest BCUT2D eigenvalue weighted by molar-refractivity contribution is 5.96. The second kappa shape index (κ2) is 11.4. The maximum Gasteiger partial charge on any atom is 0.251 e.